The minimum atomic E-state index is -0.127. The van der Waals surface area contributed by atoms with Crippen LogP contribution in [0.1, 0.15) is 12.5 Å². The summed E-state index contributed by atoms with van der Waals surface area (Å²) < 4.78 is 10.5. The number of hydrogen-bond donors (Lipinski definition) is 0. The van der Waals surface area contributed by atoms with Crippen molar-refractivity contribution in [1.82, 2.24) is 0 Å². The number of Topliss-reactive ketones (excluding diaryl/α,β-unsaturated/α-hetero) is 1. The summed E-state index contributed by atoms with van der Waals surface area (Å²) in [5.74, 6) is 1.66. The highest BCUT2D eigenvalue weighted by Crippen LogP contribution is 2.33. The Kier molecular flexibility index (Phi) is 2.95. The first-order valence-electron chi connectivity index (χ1n) is 4.70. The lowest BCUT2D eigenvalue weighted by Crippen LogP contribution is -2.12. The highest BCUT2D eigenvalue weighted by Gasteiger charge is 2.16. The van der Waals surface area contributed by atoms with Crippen LogP contribution in [0.15, 0.2) is 18.2 Å². The number of ketones is 1. The van der Waals surface area contributed by atoms with Crippen molar-refractivity contribution in [2.75, 3.05) is 6.79 Å². The fraction of sp³-hybridized carbons (Fsp3) is 0.364. The molecular weight excluding hydrogens is 260 g/mol. The monoisotopic (exact) mass is 270 g/mol. The molecule has 0 amide bonds. The smallest absolute Gasteiger partial charge is 0.231 e. The first kappa shape index (κ1) is 10.5. The molecule has 80 valence electrons. The molecule has 0 spiro atoms. The summed E-state index contributed by atoms with van der Waals surface area (Å²) in [7, 11) is 0. The maximum Gasteiger partial charge on any atom is 0.231 e. The summed E-state index contributed by atoms with van der Waals surface area (Å²) in [6.45, 7) is 1.86. The summed E-state index contributed by atoms with van der Waals surface area (Å²) in [5, 5.41) is 0. The molecule has 3 nitrogen and oxygen atoms in total. The Bertz CT molecular complexity index is 389. The van der Waals surface area contributed by atoms with Crippen molar-refractivity contribution in [3.05, 3.63) is 23.8 Å². The van der Waals surface area contributed by atoms with Gasteiger partial charge < -0.3 is 9.47 Å². The van der Waals surface area contributed by atoms with Crippen LogP contribution < -0.4 is 9.47 Å². The van der Waals surface area contributed by atoms with Crippen LogP contribution in [0.3, 0.4) is 0 Å². The largest absolute Gasteiger partial charge is 0.454 e. The molecule has 0 fully saturated rings. The number of ether oxygens (including phenoxy) is 2. The zero-order chi connectivity index (χ0) is 10.8. The molecular formula is C11H11BrO3. The highest BCUT2D eigenvalue weighted by molar-refractivity contribution is 9.10. The molecule has 1 aromatic carbocycles. The molecule has 0 aliphatic carbocycles. The fourth-order valence-electron chi connectivity index (χ4n) is 1.42. The molecule has 2 rings (SSSR count). The molecule has 0 radical (unpaired) electrons. The predicted molar refractivity (Wildman–Crippen MR) is 59.7 cm³/mol. The van der Waals surface area contributed by atoms with Gasteiger partial charge in [-0.05, 0) is 31.0 Å². The van der Waals surface area contributed by atoms with Crippen LogP contribution in [0.5, 0.6) is 11.5 Å². The Labute approximate surface area is 96.5 Å². The van der Waals surface area contributed by atoms with Gasteiger partial charge in [-0.2, -0.15) is 0 Å². The minimum Gasteiger partial charge on any atom is -0.454 e. The lowest BCUT2D eigenvalue weighted by molar-refractivity contribution is -0.116. The average Bonchev–Trinajstić information content (AvgIpc) is 2.64. The SMILES string of the molecule is CC(=O)C(Br)Cc1ccc2c(c1)OCO2. The van der Waals surface area contributed by atoms with Crippen molar-refractivity contribution in [2.45, 2.75) is 18.2 Å². The standard InChI is InChI=1S/C11H11BrO3/c1-7(13)9(12)4-8-2-3-10-11(5-8)15-6-14-10/h2-3,5,9H,4,6H2,1H3. The first-order valence-corrected chi connectivity index (χ1v) is 5.61. The van der Waals surface area contributed by atoms with Crippen molar-refractivity contribution in [2.24, 2.45) is 0 Å². The Morgan fingerprint density at radius 2 is 2.20 bits per heavy atom. The summed E-state index contributed by atoms with van der Waals surface area (Å²) in [6, 6.07) is 5.74. The predicted octanol–water partition coefficient (Wildman–Crippen LogP) is 2.31. The van der Waals surface area contributed by atoms with Crippen LogP contribution in [0.25, 0.3) is 0 Å². The second-order valence-electron chi connectivity index (χ2n) is 3.47. The van der Waals surface area contributed by atoms with Gasteiger partial charge in [-0.25, -0.2) is 0 Å². The number of alkyl halides is 1. The molecule has 1 aliphatic rings. The molecule has 1 heterocycles. The quantitative estimate of drug-likeness (QED) is 0.791. The molecule has 0 saturated heterocycles. The molecule has 1 aliphatic heterocycles. The van der Waals surface area contributed by atoms with E-state index in [4.69, 9.17) is 9.47 Å². The van der Waals surface area contributed by atoms with E-state index in [0.29, 0.717) is 6.42 Å². The summed E-state index contributed by atoms with van der Waals surface area (Å²) in [4.78, 5) is 11.0. The van der Waals surface area contributed by atoms with Crippen molar-refractivity contribution in [3.8, 4) is 11.5 Å². The van der Waals surface area contributed by atoms with Crippen LogP contribution in [0, 0.1) is 0 Å². The Morgan fingerprint density at radius 3 is 2.93 bits per heavy atom. The molecule has 15 heavy (non-hydrogen) atoms. The number of halogens is 1. The number of hydrogen-bond acceptors (Lipinski definition) is 3. The van der Waals surface area contributed by atoms with Crippen molar-refractivity contribution >= 4 is 21.7 Å². The fourth-order valence-corrected chi connectivity index (χ4v) is 1.79. The van der Waals surface area contributed by atoms with E-state index in [1.165, 1.54) is 0 Å². The van der Waals surface area contributed by atoms with Gasteiger partial charge in [0.05, 0.1) is 4.83 Å². The molecule has 1 aromatic rings. The molecule has 1 atom stereocenters. The zero-order valence-electron chi connectivity index (χ0n) is 8.33. The van der Waals surface area contributed by atoms with Crippen LogP contribution in [0.2, 0.25) is 0 Å². The number of carbonyl (C=O) groups excluding carboxylic acids is 1. The second kappa shape index (κ2) is 4.23. The van der Waals surface area contributed by atoms with Gasteiger partial charge in [-0.15, -0.1) is 0 Å². The van der Waals surface area contributed by atoms with Gasteiger partial charge in [0.1, 0.15) is 5.78 Å². The number of fused-ring (bicyclic) bond motifs is 1. The third-order valence-corrected chi connectivity index (χ3v) is 3.26. The van der Waals surface area contributed by atoms with E-state index in [1.54, 1.807) is 6.92 Å². The average molecular weight is 271 g/mol. The molecule has 0 N–H and O–H groups in total. The van der Waals surface area contributed by atoms with Gasteiger partial charge in [0.15, 0.2) is 11.5 Å². The Morgan fingerprint density at radius 1 is 1.47 bits per heavy atom. The van der Waals surface area contributed by atoms with E-state index >= 15 is 0 Å². The zero-order valence-corrected chi connectivity index (χ0v) is 9.91. The molecule has 1 unspecified atom stereocenters. The summed E-state index contributed by atoms with van der Waals surface area (Å²) in [6.07, 6.45) is 0.673. The molecule has 0 bridgehead atoms. The normalized spacial score (nSPS) is 15.1. The van der Waals surface area contributed by atoms with Crippen LogP contribution in [-0.4, -0.2) is 17.4 Å². The van der Waals surface area contributed by atoms with E-state index in [1.807, 2.05) is 18.2 Å². The topological polar surface area (TPSA) is 35.5 Å². The van der Waals surface area contributed by atoms with E-state index in [2.05, 4.69) is 15.9 Å². The second-order valence-corrected chi connectivity index (χ2v) is 4.58. The lowest BCUT2D eigenvalue weighted by atomic mass is 10.1. The van der Waals surface area contributed by atoms with Gasteiger partial charge in [0.2, 0.25) is 6.79 Å². The highest BCUT2D eigenvalue weighted by atomic mass is 79.9. The lowest BCUT2D eigenvalue weighted by Gasteiger charge is -2.06. The third-order valence-electron chi connectivity index (χ3n) is 2.29. The van der Waals surface area contributed by atoms with Crippen LogP contribution >= 0.6 is 15.9 Å². The summed E-state index contributed by atoms with van der Waals surface area (Å²) in [5.41, 5.74) is 1.07. The Hall–Kier alpha value is -1.03. The van der Waals surface area contributed by atoms with E-state index in [-0.39, 0.29) is 17.4 Å². The van der Waals surface area contributed by atoms with Gasteiger partial charge in [0.25, 0.3) is 0 Å². The van der Waals surface area contributed by atoms with Crippen LogP contribution in [0.4, 0.5) is 0 Å². The van der Waals surface area contributed by atoms with Crippen molar-refractivity contribution in [3.63, 3.8) is 0 Å². The maximum atomic E-state index is 11.1. The first-order chi connectivity index (χ1) is 7.16. The number of carbonyl (C=O) groups is 1. The molecule has 4 heteroatoms. The molecule has 0 saturated carbocycles. The third kappa shape index (κ3) is 2.31. The number of benzene rings is 1. The minimum absolute atomic E-state index is 0.127. The van der Waals surface area contributed by atoms with Crippen molar-refractivity contribution < 1.29 is 14.3 Å². The van der Waals surface area contributed by atoms with Gasteiger partial charge >= 0.3 is 0 Å². The van der Waals surface area contributed by atoms with Gasteiger partial charge in [-0.1, -0.05) is 22.0 Å². The van der Waals surface area contributed by atoms with E-state index < -0.39 is 0 Å². The van der Waals surface area contributed by atoms with E-state index in [9.17, 15) is 4.79 Å². The summed E-state index contributed by atoms with van der Waals surface area (Å²) >= 11 is 3.34. The van der Waals surface area contributed by atoms with E-state index in [0.717, 1.165) is 17.1 Å². The number of rotatable bonds is 3. The maximum absolute atomic E-state index is 11.1. The van der Waals surface area contributed by atoms with Gasteiger partial charge in [-0.3, -0.25) is 4.79 Å². The van der Waals surface area contributed by atoms with Crippen molar-refractivity contribution in [1.29, 1.82) is 0 Å². The van der Waals surface area contributed by atoms with Gasteiger partial charge in [0, 0.05) is 0 Å². The Balaban J connectivity index is 2.13. The van der Waals surface area contributed by atoms with Crippen LogP contribution in [-0.2, 0) is 11.2 Å². The molecule has 0 aromatic heterocycles.